The van der Waals surface area contributed by atoms with Crippen LogP contribution in [-0.2, 0) is 74.2 Å². The van der Waals surface area contributed by atoms with E-state index in [4.69, 9.17) is 57.8 Å². The largest absolute Gasteiger partial charge is 1.00 e. The van der Waals surface area contributed by atoms with E-state index in [1.54, 1.807) is 10.8 Å². The number of aliphatic hydroxyl groups is 2. The summed E-state index contributed by atoms with van der Waals surface area (Å²) in [4.78, 5) is 30.2. The van der Waals surface area contributed by atoms with Gasteiger partial charge in [-0.15, -0.1) is 0 Å². The molecule has 4 aromatic rings. The van der Waals surface area contributed by atoms with Crippen LogP contribution in [0.4, 0.5) is 5.82 Å². The number of nitrogens with one attached hydrogen (secondary N) is 1. The van der Waals surface area contributed by atoms with Gasteiger partial charge < -0.3 is 77.9 Å². The minimum absolute atomic E-state index is 0. The van der Waals surface area contributed by atoms with E-state index in [9.17, 15) is 24.1 Å². The number of aromatic nitrogens is 7. The molecule has 2 bridgehead atoms. The Bertz CT molecular complexity index is 2110. The minimum atomic E-state index is -4.48. The summed E-state index contributed by atoms with van der Waals surface area (Å²) in [5.41, 5.74) is 6.57. The molecule has 0 amide bonds. The van der Waals surface area contributed by atoms with Crippen LogP contribution >= 0.6 is 13.6 Å². The second-order valence-electron chi connectivity index (χ2n) is 12.1. The molecule has 8 heterocycles. The first kappa shape index (κ1) is 41.2. The Morgan fingerprint density at radius 3 is 2.37 bits per heavy atom. The Morgan fingerprint density at radius 1 is 0.904 bits per heavy atom. The molecule has 2 unspecified atom stereocenters. The standard InChI is InChI=1S/C26H33N9O11P2S2.2Na/c27-3-5-33-10-32-23-16(24(33)38)31-11-35(23)26-20-17(36)13(43-26)7-41-47(39,49)45-19-14(8-42-48(40,50)46-20)44-25(18(19)37)34-6-12-2-1-4-28-21-15(12)22(34)30-9-29-21;;/h6,9-11,13-14,17-20,25-26,36-37H,1-5,7-8,27H2,(H,39,49)(H,40,50)(H,28,29,30);;/q;2*+1/p-2/t13-,14-,17-,18-,19-,20-,25-,26-,47?,48?;;/m1../s1. The van der Waals surface area contributed by atoms with Gasteiger partial charge >= 0.3 is 59.1 Å². The van der Waals surface area contributed by atoms with E-state index in [-0.39, 0.29) is 83.4 Å². The monoisotopic (exact) mass is 817 g/mol. The minimum Gasteiger partial charge on any atom is -0.660 e. The molecule has 0 aromatic carbocycles. The number of hydrogen-bond donors (Lipinski definition) is 4. The number of nitrogens with two attached hydrogens (primary N) is 1. The molecular formula is C26H31N9Na2O11P2S2. The number of nitrogens with zero attached hydrogens (tertiary/aromatic N) is 7. The smallest absolute Gasteiger partial charge is 0.660 e. The normalized spacial score (nSPS) is 34.9. The van der Waals surface area contributed by atoms with Crippen LogP contribution in [-0.4, -0.2) is 107 Å². The molecule has 0 aliphatic carbocycles. The van der Waals surface area contributed by atoms with Gasteiger partial charge in [0.25, 0.3) is 5.56 Å². The van der Waals surface area contributed by atoms with Gasteiger partial charge in [-0.2, -0.15) is 0 Å². The van der Waals surface area contributed by atoms with Crippen LogP contribution in [0.15, 0.2) is 30.0 Å². The van der Waals surface area contributed by atoms with E-state index < -0.39 is 81.4 Å². The predicted octanol–water partition coefficient (Wildman–Crippen LogP) is -5.99. The number of aliphatic hydroxyl groups excluding tert-OH is 2. The average Bonchev–Trinajstić information content (AvgIpc) is 3.78. The summed E-state index contributed by atoms with van der Waals surface area (Å²) in [5, 5.41) is 26.8. The van der Waals surface area contributed by atoms with Crippen molar-refractivity contribution in [1.82, 2.24) is 33.6 Å². The summed E-state index contributed by atoms with van der Waals surface area (Å²) in [6, 6.07) is 0. The van der Waals surface area contributed by atoms with E-state index >= 15 is 0 Å². The molecule has 3 saturated heterocycles. The first-order chi connectivity index (χ1) is 23.9. The number of anilines is 1. The molecule has 52 heavy (non-hydrogen) atoms. The van der Waals surface area contributed by atoms with Crippen LogP contribution < -0.4 is 75.7 Å². The zero-order valence-corrected chi connectivity index (χ0v) is 35.3. The second-order valence-corrected chi connectivity index (χ2v) is 17.5. The van der Waals surface area contributed by atoms with Crippen molar-refractivity contribution in [2.45, 2.75) is 68.5 Å². The first-order valence-corrected chi connectivity index (χ1v) is 20.7. The first-order valence-electron chi connectivity index (χ1n) is 15.6. The topological polar surface area (TPSA) is 251 Å². The average molecular weight is 818 g/mol. The number of fused-ring (bicyclic) bond motifs is 4. The Kier molecular flexibility index (Phi) is 12.8. The van der Waals surface area contributed by atoms with Gasteiger partial charge in [-0.3, -0.25) is 23.1 Å². The number of aryl methyl sites for hydroxylation is 1. The van der Waals surface area contributed by atoms with Gasteiger partial charge in [-0.05, 0) is 18.4 Å². The van der Waals surface area contributed by atoms with Crippen LogP contribution in [0.5, 0.6) is 0 Å². The molecule has 0 spiro atoms. The number of hydrogen-bond acceptors (Lipinski definition) is 19. The zero-order valence-electron chi connectivity index (χ0n) is 27.9. The predicted molar refractivity (Wildman–Crippen MR) is 177 cm³/mol. The van der Waals surface area contributed by atoms with E-state index in [1.807, 2.05) is 0 Å². The molecule has 4 aromatic heterocycles. The fourth-order valence-corrected chi connectivity index (χ4v) is 9.52. The molecule has 20 nitrogen and oxygen atoms in total. The molecule has 5 N–H and O–H groups in total. The third-order valence-corrected chi connectivity index (χ3v) is 12.1. The van der Waals surface area contributed by atoms with E-state index in [2.05, 4.69) is 25.3 Å². The maximum absolute atomic E-state index is 13.7. The summed E-state index contributed by atoms with van der Waals surface area (Å²) < 4.78 is 66.2. The van der Waals surface area contributed by atoms with Crippen LogP contribution in [0.3, 0.4) is 0 Å². The van der Waals surface area contributed by atoms with Crippen molar-refractivity contribution < 1.29 is 106 Å². The van der Waals surface area contributed by atoms with Crippen molar-refractivity contribution >= 4 is 66.1 Å². The van der Waals surface area contributed by atoms with Gasteiger partial charge in [0.05, 0.1) is 24.9 Å². The Hall–Kier alpha value is -0.430. The van der Waals surface area contributed by atoms with E-state index in [1.165, 1.54) is 28.1 Å². The van der Waals surface area contributed by atoms with Gasteiger partial charge in [0, 0.05) is 25.8 Å². The fraction of sp³-hybridized carbons (Fsp3) is 0.577. The Labute approximate surface area is 349 Å². The van der Waals surface area contributed by atoms with Crippen molar-refractivity contribution in [3.63, 3.8) is 0 Å². The van der Waals surface area contributed by atoms with Gasteiger partial charge in [0.1, 0.15) is 60.7 Å². The van der Waals surface area contributed by atoms with Crippen LogP contribution in [0.1, 0.15) is 24.4 Å². The quantitative estimate of drug-likeness (QED) is 0.0850. The summed E-state index contributed by atoms with van der Waals surface area (Å²) in [6.45, 7) is -8.94. The third kappa shape index (κ3) is 7.66. The number of ether oxygens (including phenoxy) is 2. The molecule has 4 aliphatic rings. The molecule has 0 saturated carbocycles. The zero-order chi connectivity index (χ0) is 34.9. The van der Waals surface area contributed by atoms with Gasteiger partial charge in [0.15, 0.2) is 30.4 Å². The van der Waals surface area contributed by atoms with Crippen LogP contribution in [0.2, 0.25) is 0 Å². The molecule has 3 fully saturated rings. The molecule has 0 radical (unpaired) electrons. The summed E-state index contributed by atoms with van der Waals surface area (Å²) in [6.07, 6.45) is -3.65. The maximum atomic E-state index is 13.7. The van der Waals surface area contributed by atoms with Gasteiger partial charge in [-0.1, -0.05) is 0 Å². The van der Waals surface area contributed by atoms with Crippen molar-refractivity contribution in [3.8, 4) is 0 Å². The van der Waals surface area contributed by atoms with Crippen molar-refractivity contribution in [2.75, 3.05) is 31.6 Å². The summed E-state index contributed by atoms with van der Waals surface area (Å²) >= 11 is 10.4. The van der Waals surface area contributed by atoms with Crippen LogP contribution in [0.25, 0.3) is 22.2 Å². The van der Waals surface area contributed by atoms with Gasteiger partial charge in [-0.25, -0.2) is 19.9 Å². The molecule has 8 rings (SSSR count). The second kappa shape index (κ2) is 16.2. The third-order valence-electron chi connectivity index (χ3n) is 8.99. The molecule has 4 aliphatic heterocycles. The SMILES string of the molecule is NCCn1cnc2c(ncn2[C@@H]2O[C@@H]3COP(=O)([S-])O[C@H]4[C@@H](O)[C@H](n5cc6c7c(ncnc75)NCCC6)O[C@@H]4COP(=O)([S-])O[C@@H]2[C@@H]3O)c1=O.[Na+].[Na+]. The Balaban J connectivity index is 0.00000232. The van der Waals surface area contributed by atoms with Crippen molar-refractivity contribution in [1.29, 1.82) is 0 Å². The van der Waals surface area contributed by atoms with E-state index in [0.717, 1.165) is 23.9 Å². The molecule has 270 valence electrons. The summed E-state index contributed by atoms with van der Waals surface area (Å²) in [7, 11) is 0. The molecular weight excluding hydrogens is 786 g/mol. The molecule has 26 heteroatoms. The number of rotatable bonds is 4. The maximum Gasteiger partial charge on any atom is 1.00 e. The fourth-order valence-electron chi connectivity index (χ4n) is 6.69. The van der Waals surface area contributed by atoms with Gasteiger partial charge in [0.2, 0.25) is 6.80 Å². The number of imidazole rings is 1. The van der Waals surface area contributed by atoms with Crippen molar-refractivity contribution in [3.05, 3.63) is 41.1 Å². The Morgan fingerprint density at radius 2 is 1.62 bits per heavy atom. The van der Waals surface area contributed by atoms with E-state index in [0.29, 0.717) is 17.9 Å². The van der Waals surface area contributed by atoms with Crippen molar-refractivity contribution in [2.24, 2.45) is 5.73 Å². The summed E-state index contributed by atoms with van der Waals surface area (Å²) in [5.74, 6) is 0.643. The van der Waals surface area contributed by atoms with Crippen LogP contribution in [0, 0.1) is 0 Å². The molecule has 10 atom stereocenters.